The van der Waals surface area contributed by atoms with Crippen molar-refractivity contribution in [2.45, 2.75) is 18.7 Å². The van der Waals surface area contributed by atoms with Crippen LogP contribution >= 0.6 is 0 Å². The number of imidazole rings is 1. The number of alkyl halides is 3. The van der Waals surface area contributed by atoms with E-state index in [1.807, 2.05) is 28.8 Å². The molecule has 1 amide bonds. The largest absolute Gasteiger partial charge is 0.496 e. The predicted molar refractivity (Wildman–Crippen MR) is 126 cm³/mol. The maximum Gasteiger partial charge on any atom is 0.406 e. The number of carbonyl (C=O) groups is 1. The molecule has 1 fully saturated rings. The number of nitrogens with zero attached hydrogens (tertiary/aromatic N) is 4. The van der Waals surface area contributed by atoms with E-state index in [4.69, 9.17) is 14.2 Å². The lowest BCUT2D eigenvalue weighted by Gasteiger charge is -2.30. The van der Waals surface area contributed by atoms with Crippen LogP contribution in [0.15, 0.2) is 36.7 Å². The monoisotopic (exact) mass is 504 g/mol. The van der Waals surface area contributed by atoms with E-state index in [2.05, 4.69) is 16.9 Å². The molecule has 0 spiro atoms. The van der Waals surface area contributed by atoms with Crippen molar-refractivity contribution in [2.75, 3.05) is 53.6 Å². The zero-order chi connectivity index (χ0) is 25.4. The first-order chi connectivity index (χ1) is 17.2. The maximum atomic E-state index is 12.9. The Labute approximate surface area is 206 Å². The van der Waals surface area contributed by atoms with Crippen LogP contribution in [0.2, 0.25) is 0 Å². The quantitative estimate of drug-likeness (QED) is 0.514. The van der Waals surface area contributed by atoms with Gasteiger partial charge in [-0.25, -0.2) is 4.98 Å². The second-order valence-corrected chi connectivity index (χ2v) is 9.10. The minimum absolute atomic E-state index is 0.00742. The molecule has 0 unspecified atom stereocenters. The van der Waals surface area contributed by atoms with E-state index in [0.29, 0.717) is 36.6 Å². The number of fused-ring (bicyclic) bond motifs is 2. The summed E-state index contributed by atoms with van der Waals surface area (Å²) in [5.74, 6) is 0.242. The van der Waals surface area contributed by atoms with Gasteiger partial charge < -0.3 is 24.0 Å². The summed E-state index contributed by atoms with van der Waals surface area (Å²) >= 11 is 0. The molecule has 1 atom stereocenters. The Morgan fingerprint density at radius 3 is 2.81 bits per heavy atom. The molecule has 4 heterocycles. The molecule has 11 heteroatoms. The fraction of sp³-hybridized carbons (Fsp3) is 0.440. The van der Waals surface area contributed by atoms with Crippen LogP contribution in [0.25, 0.3) is 16.9 Å². The van der Waals surface area contributed by atoms with E-state index in [-0.39, 0.29) is 24.0 Å². The molecule has 1 aromatic carbocycles. The molecule has 8 nitrogen and oxygen atoms in total. The molecule has 36 heavy (non-hydrogen) atoms. The number of pyridine rings is 1. The first-order valence-electron chi connectivity index (χ1n) is 11.7. The molecule has 3 aromatic rings. The molecule has 2 aliphatic rings. The van der Waals surface area contributed by atoms with Crippen LogP contribution in [-0.4, -0.2) is 90.9 Å². The van der Waals surface area contributed by atoms with Crippen LogP contribution in [0.4, 0.5) is 13.2 Å². The van der Waals surface area contributed by atoms with Gasteiger partial charge in [0, 0.05) is 37.5 Å². The van der Waals surface area contributed by atoms with Gasteiger partial charge in [-0.15, -0.1) is 0 Å². The standard InChI is InChI=1S/C25H27F3N4O4/c1-30-7-8-35-19(13-30)14-36-18-4-6-32-20(12-29-22(32)11-18)17-9-16-3-5-31(15-25(26,27)28)24(33)23(16)21(10-17)34-2/h4,6,9-12,19H,3,5,7-8,13-15H2,1-2H3/t19-/m0/s1. The Balaban J connectivity index is 1.39. The highest BCUT2D eigenvalue weighted by atomic mass is 19.4. The Kier molecular flexibility index (Phi) is 6.52. The van der Waals surface area contributed by atoms with Gasteiger partial charge in [-0.2, -0.15) is 13.2 Å². The van der Waals surface area contributed by atoms with E-state index in [1.54, 1.807) is 12.3 Å². The highest BCUT2D eigenvalue weighted by Crippen LogP contribution is 2.35. The van der Waals surface area contributed by atoms with Gasteiger partial charge in [-0.1, -0.05) is 0 Å². The minimum atomic E-state index is -4.46. The third-order valence-corrected chi connectivity index (χ3v) is 6.48. The summed E-state index contributed by atoms with van der Waals surface area (Å²) < 4.78 is 57.7. The van der Waals surface area contributed by atoms with Crippen LogP contribution in [0.1, 0.15) is 15.9 Å². The summed E-state index contributed by atoms with van der Waals surface area (Å²) in [7, 11) is 3.46. The number of hydrogen-bond donors (Lipinski definition) is 0. The normalized spacial score (nSPS) is 19.0. The maximum absolute atomic E-state index is 12.9. The van der Waals surface area contributed by atoms with Crippen LogP contribution in [0, 0.1) is 0 Å². The first kappa shape index (κ1) is 24.4. The Bertz CT molecular complexity index is 1260. The number of methoxy groups -OCH3 is 1. The van der Waals surface area contributed by atoms with Crippen LogP contribution in [0.5, 0.6) is 11.5 Å². The van der Waals surface area contributed by atoms with Gasteiger partial charge in [0.15, 0.2) is 0 Å². The van der Waals surface area contributed by atoms with Crippen molar-refractivity contribution in [3.05, 3.63) is 47.8 Å². The van der Waals surface area contributed by atoms with E-state index < -0.39 is 18.6 Å². The molecule has 0 saturated carbocycles. The lowest BCUT2D eigenvalue weighted by atomic mass is 9.94. The number of carbonyl (C=O) groups excluding carboxylic acids is 1. The van der Waals surface area contributed by atoms with E-state index in [0.717, 1.165) is 29.2 Å². The number of rotatable bonds is 6. The van der Waals surface area contributed by atoms with Crippen molar-refractivity contribution in [3.8, 4) is 22.8 Å². The summed E-state index contributed by atoms with van der Waals surface area (Å²) in [6.45, 7) is 1.56. The minimum Gasteiger partial charge on any atom is -0.496 e. The highest BCUT2D eigenvalue weighted by Gasteiger charge is 2.37. The number of hydrogen-bond acceptors (Lipinski definition) is 6. The van der Waals surface area contributed by atoms with Crippen LogP contribution in [0.3, 0.4) is 0 Å². The van der Waals surface area contributed by atoms with Crippen molar-refractivity contribution < 1.29 is 32.2 Å². The number of morpholine rings is 1. The van der Waals surface area contributed by atoms with Gasteiger partial charge >= 0.3 is 6.18 Å². The number of amides is 1. The zero-order valence-electron chi connectivity index (χ0n) is 20.0. The lowest BCUT2D eigenvalue weighted by Crippen LogP contribution is -2.43. The van der Waals surface area contributed by atoms with Gasteiger partial charge in [0.1, 0.15) is 36.4 Å². The molecule has 0 aliphatic carbocycles. The number of halogens is 3. The topological polar surface area (TPSA) is 68.5 Å². The summed E-state index contributed by atoms with van der Waals surface area (Å²) in [5.41, 5.74) is 3.02. The Hall–Kier alpha value is -3.31. The summed E-state index contributed by atoms with van der Waals surface area (Å²) in [6, 6.07) is 7.17. The number of ether oxygens (including phenoxy) is 3. The van der Waals surface area contributed by atoms with Crippen LogP contribution in [-0.2, 0) is 11.2 Å². The molecule has 0 N–H and O–H groups in total. The second kappa shape index (κ2) is 9.62. The zero-order valence-corrected chi connectivity index (χ0v) is 20.0. The Morgan fingerprint density at radius 2 is 2.06 bits per heavy atom. The average Bonchev–Trinajstić information content (AvgIpc) is 3.26. The predicted octanol–water partition coefficient (Wildman–Crippen LogP) is 3.28. The van der Waals surface area contributed by atoms with Gasteiger partial charge in [-0.3, -0.25) is 9.20 Å². The molecule has 5 rings (SSSR count). The van der Waals surface area contributed by atoms with Gasteiger partial charge in [0.2, 0.25) is 0 Å². The molecule has 1 saturated heterocycles. The first-order valence-corrected chi connectivity index (χ1v) is 11.7. The molecule has 0 radical (unpaired) electrons. The molecule has 2 aliphatic heterocycles. The highest BCUT2D eigenvalue weighted by molar-refractivity contribution is 6.00. The Morgan fingerprint density at radius 1 is 1.22 bits per heavy atom. The smallest absolute Gasteiger partial charge is 0.406 e. The summed E-state index contributed by atoms with van der Waals surface area (Å²) in [5, 5.41) is 0. The molecular formula is C25H27F3N4O4. The third kappa shape index (κ3) is 4.98. The number of aromatic nitrogens is 2. The van der Waals surface area contributed by atoms with E-state index in [9.17, 15) is 18.0 Å². The second-order valence-electron chi connectivity index (χ2n) is 9.10. The van der Waals surface area contributed by atoms with Crippen LogP contribution < -0.4 is 9.47 Å². The van der Waals surface area contributed by atoms with Crippen molar-refractivity contribution in [2.24, 2.45) is 0 Å². The summed E-state index contributed by atoms with van der Waals surface area (Å²) in [6.07, 6.45) is -0.593. The van der Waals surface area contributed by atoms with E-state index in [1.165, 1.54) is 7.11 Å². The fourth-order valence-corrected chi connectivity index (χ4v) is 4.73. The van der Waals surface area contributed by atoms with Gasteiger partial charge in [-0.05, 0) is 37.2 Å². The average molecular weight is 505 g/mol. The molecule has 192 valence electrons. The third-order valence-electron chi connectivity index (χ3n) is 6.48. The van der Waals surface area contributed by atoms with Crippen molar-refractivity contribution in [3.63, 3.8) is 0 Å². The van der Waals surface area contributed by atoms with Crippen molar-refractivity contribution in [1.29, 1.82) is 0 Å². The van der Waals surface area contributed by atoms with Gasteiger partial charge in [0.25, 0.3) is 5.91 Å². The number of benzene rings is 1. The summed E-state index contributed by atoms with van der Waals surface area (Å²) in [4.78, 5) is 20.3. The van der Waals surface area contributed by atoms with E-state index >= 15 is 0 Å². The van der Waals surface area contributed by atoms with Crippen molar-refractivity contribution >= 4 is 11.6 Å². The molecule has 2 aromatic heterocycles. The van der Waals surface area contributed by atoms with Crippen molar-refractivity contribution in [1.82, 2.24) is 19.2 Å². The lowest BCUT2D eigenvalue weighted by molar-refractivity contribution is -0.141. The number of likely N-dealkylation sites (N-methyl/N-ethyl adjacent to an activating group) is 1. The molecular weight excluding hydrogens is 477 g/mol. The fourth-order valence-electron chi connectivity index (χ4n) is 4.73. The molecule has 0 bridgehead atoms. The SMILES string of the molecule is COc1cc(-c2cnc3cc(OC[C@@H]4CN(C)CCO4)ccn23)cc2c1C(=O)N(CC(F)(F)F)CC2. The van der Waals surface area contributed by atoms with Gasteiger partial charge in [0.05, 0.1) is 31.2 Å².